The van der Waals surface area contributed by atoms with Crippen LogP contribution in [-0.2, 0) is 4.79 Å². The number of halogens is 4. The standard InChI is InChI=1S/C19H13F4N5OS/c1-9-6-11(10(2)27(9)13-5-3-4-12(20)8-13)7-14-15(24)28-18(25-16(14)29)30-17(26-28)19(21,22)23/h3-8,24H,1-2H3/b14-7+,24-15?. The Kier molecular flexibility index (Phi) is 4.64. The summed E-state index contributed by atoms with van der Waals surface area (Å²) in [6.07, 6.45) is -3.32. The van der Waals surface area contributed by atoms with Crippen molar-refractivity contribution >= 4 is 39.8 Å². The van der Waals surface area contributed by atoms with E-state index in [0.717, 1.165) is 5.69 Å². The molecule has 0 aliphatic carbocycles. The minimum absolute atomic E-state index is 0.189. The predicted molar refractivity (Wildman–Crippen MR) is 106 cm³/mol. The molecular formula is C19H13F4N5OS. The minimum atomic E-state index is -4.70. The summed E-state index contributed by atoms with van der Waals surface area (Å²) in [6, 6.07) is 7.70. The van der Waals surface area contributed by atoms with Crippen molar-refractivity contribution in [3.05, 3.63) is 58.7 Å². The van der Waals surface area contributed by atoms with Gasteiger partial charge in [0.25, 0.3) is 5.91 Å². The highest BCUT2D eigenvalue weighted by atomic mass is 32.2. The number of thioether (sulfide) groups is 1. The number of benzene rings is 1. The zero-order valence-electron chi connectivity index (χ0n) is 15.6. The highest BCUT2D eigenvalue weighted by Gasteiger charge is 2.46. The zero-order valence-corrected chi connectivity index (χ0v) is 16.4. The molecule has 0 bridgehead atoms. The first-order valence-corrected chi connectivity index (χ1v) is 9.40. The average molecular weight is 435 g/mol. The number of amides is 1. The van der Waals surface area contributed by atoms with Crippen LogP contribution in [0.1, 0.15) is 17.0 Å². The van der Waals surface area contributed by atoms with Crippen LogP contribution in [0.4, 0.5) is 17.6 Å². The molecule has 2 aromatic rings. The molecule has 1 aromatic carbocycles. The third-order valence-corrected chi connectivity index (χ3v) is 5.49. The molecule has 0 unspecified atom stereocenters. The molecular weight excluding hydrogens is 422 g/mol. The highest BCUT2D eigenvalue weighted by molar-refractivity contribution is 8.27. The van der Waals surface area contributed by atoms with Gasteiger partial charge in [0.2, 0.25) is 10.2 Å². The van der Waals surface area contributed by atoms with Gasteiger partial charge in [-0.1, -0.05) is 6.07 Å². The van der Waals surface area contributed by atoms with Crippen LogP contribution in [0, 0.1) is 25.1 Å². The second-order valence-corrected chi connectivity index (χ2v) is 7.52. The molecule has 2 aliphatic rings. The Morgan fingerprint density at radius 2 is 1.93 bits per heavy atom. The van der Waals surface area contributed by atoms with Crippen molar-refractivity contribution in [2.45, 2.75) is 20.0 Å². The van der Waals surface area contributed by atoms with Crippen molar-refractivity contribution in [3.8, 4) is 5.69 Å². The van der Waals surface area contributed by atoms with E-state index >= 15 is 0 Å². The number of aliphatic imine (C=N–C) groups is 1. The Morgan fingerprint density at radius 3 is 2.60 bits per heavy atom. The van der Waals surface area contributed by atoms with Gasteiger partial charge in [0, 0.05) is 17.1 Å². The van der Waals surface area contributed by atoms with Crippen molar-refractivity contribution in [1.82, 2.24) is 9.58 Å². The van der Waals surface area contributed by atoms with Crippen LogP contribution in [0.25, 0.3) is 11.8 Å². The third kappa shape index (κ3) is 3.34. The lowest BCUT2D eigenvalue weighted by Gasteiger charge is -2.20. The number of carbonyl (C=O) groups excluding carboxylic acids is 1. The number of fused-ring (bicyclic) bond motifs is 1. The van der Waals surface area contributed by atoms with Crippen LogP contribution in [-0.4, -0.2) is 37.7 Å². The molecule has 154 valence electrons. The molecule has 1 aromatic heterocycles. The number of rotatable bonds is 2. The van der Waals surface area contributed by atoms with Crippen LogP contribution < -0.4 is 0 Å². The van der Waals surface area contributed by atoms with Gasteiger partial charge in [-0.25, -0.2) is 4.39 Å². The molecule has 0 radical (unpaired) electrons. The van der Waals surface area contributed by atoms with Gasteiger partial charge in [-0.3, -0.25) is 10.2 Å². The molecule has 3 heterocycles. The van der Waals surface area contributed by atoms with E-state index in [-0.39, 0.29) is 22.5 Å². The largest absolute Gasteiger partial charge is 0.441 e. The normalized spacial score (nSPS) is 18.1. The fraction of sp³-hybridized carbons (Fsp3) is 0.158. The summed E-state index contributed by atoms with van der Waals surface area (Å²) in [5.41, 5.74) is 2.35. The molecule has 0 saturated heterocycles. The first kappa shape index (κ1) is 20.1. The molecule has 4 rings (SSSR count). The molecule has 11 heteroatoms. The molecule has 0 fully saturated rings. The number of nitrogens with zero attached hydrogens (tertiary/aromatic N) is 4. The number of hydrogen-bond donors (Lipinski definition) is 1. The van der Waals surface area contributed by atoms with Gasteiger partial charge in [0.1, 0.15) is 5.82 Å². The number of aromatic nitrogens is 1. The monoisotopic (exact) mass is 435 g/mol. The van der Waals surface area contributed by atoms with Crippen molar-refractivity contribution < 1.29 is 22.4 Å². The lowest BCUT2D eigenvalue weighted by Crippen LogP contribution is -2.35. The number of hydrazone groups is 1. The number of hydrogen-bond acceptors (Lipinski definition) is 4. The Morgan fingerprint density at radius 1 is 1.20 bits per heavy atom. The van der Waals surface area contributed by atoms with E-state index in [1.54, 1.807) is 36.6 Å². The van der Waals surface area contributed by atoms with Gasteiger partial charge < -0.3 is 4.57 Å². The number of carbonyl (C=O) groups is 1. The average Bonchev–Trinajstić information content (AvgIpc) is 3.20. The quantitative estimate of drug-likeness (QED) is 0.561. The summed E-state index contributed by atoms with van der Waals surface area (Å²) in [5, 5.41) is 10.8. The Hall–Kier alpha value is -3.21. The van der Waals surface area contributed by atoms with Gasteiger partial charge in [-0.15, -0.1) is 0 Å². The summed E-state index contributed by atoms with van der Waals surface area (Å²) in [4.78, 5) is 16.1. The fourth-order valence-electron chi connectivity index (χ4n) is 3.21. The maximum Gasteiger partial charge on any atom is 0.441 e. The molecule has 1 amide bonds. The highest BCUT2D eigenvalue weighted by Crippen LogP contribution is 2.35. The van der Waals surface area contributed by atoms with Gasteiger partial charge >= 0.3 is 6.18 Å². The predicted octanol–water partition coefficient (Wildman–Crippen LogP) is 4.41. The number of aryl methyl sites for hydroxylation is 1. The van der Waals surface area contributed by atoms with Crippen molar-refractivity contribution in [1.29, 1.82) is 5.41 Å². The molecule has 0 saturated carbocycles. The van der Waals surface area contributed by atoms with Crippen LogP contribution in [0.5, 0.6) is 0 Å². The molecule has 1 N–H and O–H groups in total. The molecule has 0 spiro atoms. The number of alkyl halides is 3. The fourth-order valence-corrected chi connectivity index (χ4v) is 3.97. The minimum Gasteiger partial charge on any atom is -0.318 e. The van der Waals surface area contributed by atoms with Crippen LogP contribution >= 0.6 is 11.8 Å². The lowest BCUT2D eigenvalue weighted by atomic mass is 10.1. The molecule has 0 atom stereocenters. The smallest absolute Gasteiger partial charge is 0.318 e. The SMILES string of the molecule is Cc1cc(/C=C2\C(=N)N3N=C(C(F)(F)F)SC3=NC2=O)c(C)n1-c1cccc(F)c1. The lowest BCUT2D eigenvalue weighted by molar-refractivity contribution is -0.114. The summed E-state index contributed by atoms with van der Waals surface area (Å²) < 4.78 is 54.2. The summed E-state index contributed by atoms with van der Waals surface area (Å²) in [6.45, 7) is 3.54. The first-order chi connectivity index (χ1) is 14.1. The van der Waals surface area contributed by atoms with Crippen LogP contribution in [0.2, 0.25) is 0 Å². The van der Waals surface area contributed by atoms with E-state index in [1.165, 1.54) is 18.2 Å². The second kappa shape index (κ2) is 6.94. The van der Waals surface area contributed by atoms with E-state index < -0.39 is 28.8 Å². The van der Waals surface area contributed by atoms with E-state index in [4.69, 9.17) is 5.41 Å². The maximum absolute atomic E-state index is 13.6. The summed E-state index contributed by atoms with van der Waals surface area (Å²) in [5.74, 6) is -1.73. The van der Waals surface area contributed by atoms with Gasteiger partial charge in [0.15, 0.2) is 5.84 Å². The number of amidine groups is 2. The van der Waals surface area contributed by atoms with Gasteiger partial charge in [-0.05, 0) is 61.5 Å². The molecule has 2 aliphatic heterocycles. The van der Waals surface area contributed by atoms with Crippen molar-refractivity contribution in [2.24, 2.45) is 10.1 Å². The molecule has 6 nitrogen and oxygen atoms in total. The van der Waals surface area contributed by atoms with Crippen LogP contribution in [0.15, 0.2) is 46.0 Å². The Bertz CT molecular complexity index is 1190. The zero-order chi connectivity index (χ0) is 21.8. The van der Waals surface area contributed by atoms with Gasteiger partial charge in [0.05, 0.1) is 5.57 Å². The first-order valence-electron chi connectivity index (χ1n) is 8.58. The number of nitrogens with one attached hydrogen (secondary N) is 1. The Balaban J connectivity index is 1.75. The van der Waals surface area contributed by atoms with E-state index in [9.17, 15) is 22.4 Å². The third-order valence-electron chi connectivity index (χ3n) is 4.53. The molecule has 30 heavy (non-hydrogen) atoms. The summed E-state index contributed by atoms with van der Waals surface area (Å²) in [7, 11) is 0. The van der Waals surface area contributed by atoms with E-state index in [2.05, 4.69) is 10.1 Å². The maximum atomic E-state index is 13.6. The summed E-state index contributed by atoms with van der Waals surface area (Å²) >= 11 is 0.198. The van der Waals surface area contributed by atoms with Crippen LogP contribution in [0.3, 0.4) is 0 Å². The van der Waals surface area contributed by atoms with Crippen molar-refractivity contribution in [3.63, 3.8) is 0 Å². The Labute approximate surface area is 172 Å². The van der Waals surface area contributed by atoms with Crippen molar-refractivity contribution in [2.75, 3.05) is 0 Å². The van der Waals surface area contributed by atoms with Gasteiger partial charge in [-0.2, -0.15) is 28.3 Å². The second-order valence-electron chi connectivity index (χ2n) is 6.56. The van der Waals surface area contributed by atoms with E-state index in [1.807, 2.05) is 0 Å². The van der Waals surface area contributed by atoms with E-state index in [0.29, 0.717) is 22.0 Å². The topological polar surface area (TPSA) is 73.8 Å².